The fourth-order valence-electron chi connectivity index (χ4n) is 2.26. The maximum atomic E-state index is 12.1. The van der Waals surface area contributed by atoms with Crippen LogP contribution >= 0.6 is 11.8 Å². The van der Waals surface area contributed by atoms with E-state index in [0.29, 0.717) is 22.4 Å². The second-order valence-corrected chi connectivity index (χ2v) is 7.03. The van der Waals surface area contributed by atoms with E-state index in [4.69, 9.17) is 9.15 Å². The maximum Gasteiger partial charge on any atom is 0.338 e. The fourth-order valence-corrected chi connectivity index (χ4v) is 2.82. The molecule has 8 heteroatoms. The van der Waals surface area contributed by atoms with Gasteiger partial charge in [0.1, 0.15) is 0 Å². The van der Waals surface area contributed by atoms with Crippen LogP contribution in [0.2, 0.25) is 0 Å². The van der Waals surface area contributed by atoms with Gasteiger partial charge >= 0.3 is 5.97 Å². The van der Waals surface area contributed by atoms with Gasteiger partial charge in [-0.1, -0.05) is 30.0 Å². The summed E-state index contributed by atoms with van der Waals surface area (Å²) in [4.78, 5) is 23.9. The summed E-state index contributed by atoms with van der Waals surface area (Å²) in [5.74, 6) is -0.0866. The molecule has 0 bridgehead atoms. The largest absolute Gasteiger partial charge is 0.459 e. The van der Waals surface area contributed by atoms with Gasteiger partial charge in [-0.25, -0.2) is 4.79 Å². The van der Waals surface area contributed by atoms with Crippen LogP contribution in [-0.4, -0.2) is 33.9 Å². The number of thioether (sulfide) groups is 1. The Labute approximate surface area is 166 Å². The Morgan fingerprint density at radius 3 is 2.46 bits per heavy atom. The molecule has 3 aromatic rings. The minimum absolute atomic E-state index is 0.119. The van der Waals surface area contributed by atoms with Crippen molar-refractivity contribution in [2.45, 2.75) is 25.2 Å². The molecule has 0 fully saturated rings. The van der Waals surface area contributed by atoms with E-state index in [1.807, 2.05) is 30.3 Å². The molecule has 1 aromatic heterocycles. The summed E-state index contributed by atoms with van der Waals surface area (Å²) >= 11 is 1.15. The van der Waals surface area contributed by atoms with E-state index >= 15 is 0 Å². The number of nitrogens with zero attached hydrogens (tertiary/aromatic N) is 2. The first kappa shape index (κ1) is 19.6. The van der Waals surface area contributed by atoms with Gasteiger partial charge in [-0.3, -0.25) is 4.79 Å². The van der Waals surface area contributed by atoms with Crippen molar-refractivity contribution in [3.63, 3.8) is 0 Å². The van der Waals surface area contributed by atoms with E-state index < -0.39 is 5.97 Å². The summed E-state index contributed by atoms with van der Waals surface area (Å²) in [6.45, 7) is 3.58. The van der Waals surface area contributed by atoms with E-state index in [0.717, 1.165) is 17.3 Å². The van der Waals surface area contributed by atoms with Gasteiger partial charge in [-0.15, -0.1) is 10.2 Å². The first-order chi connectivity index (χ1) is 13.5. The molecule has 7 nitrogen and oxygen atoms in total. The maximum absolute atomic E-state index is 12.1. The normalized spacial score (nSPS) is 10.7. The quantitative estimate of drug-likeness (QED) is 0.475. The van der Waals surface area contributed by atoms with Crippen LogP contribution in [0.4, 0.5) is 5.69 Å². The average molecular weight is 397 g/mol. The molecule has 0 unspecified atom stereocenters. The van der Waals surface area contributed by atoms with Crippen LogP contribution in [0.15, 0.2) is 64.2 Å². The standard InChI is InChI=1S/C20H19N3O4S/c1-13(2)26-19(25)15-8-10-16(11-9-15)21-17(24)12-28-20-23-22-18(27-20)14-6-4-3-5-7-14/h3-11,13H,12H2,1-2H3,(H,21,24). The third-order valence-corrected chi connectivity index (χ3v) is 4.32. The second-order valence-electron chi connectivity index (χ2n) is 6.11. The highest BCUT2D eigenvalue weighted by molar-refractivity contribution is 7.99. The summed E-state index contributed by atoms with van der Waals surface area (Å²) in [5.41, 5.74) is 1.84. The van der Waals surface area contributed by atoms with Crippen LogP contribution in [0.25, 0.3) is 11.5 Å². The highest BCUT2D eigenvalue weighted by Gasteiger charge is 2.12. The summed E-state index contributed by atoms with van der Waals surface area (Å²) in [6, 6.07) is 15.9. The number of carbonyl (C=O) groups excluding carboxylic acids is 2. The van der Waals surface area contributed by atoms with Gasteiger partial charge in [0.2, 0.25) is 11.8 Å². The summed E-state index contributed by atoms with van der Waals surface area (Å²) in [5, 5.41) is 11.0. The van der Waals surface area contributed by atoms with Crippen molar-refractivity contribution in [3.05, 3.63) is 60.2 Å². The number of ether oxygens (including phenoxy) is 1. The van der Waals surface area contributed by atoms with Crippen LogP contribution in [-0.2, 0) is 9.53 Å². The number of amides is 1. The highest BCUT2D eigenvalue weighted by atomic mass is 32.2. The van der Waals surface area contributed by atoms with Crippen molar-refractivity contribution < 1.29 is 18.7 Å². The minimum atomic E-state index is -0.394. The van der Waals surface area contributed by atoms with Gasteiger partial charge in [-0.05, 0) is 50.2 Å². The predicted molar refractivity (Wildman–Crippen MR) is 106 cm³/mol. The molecule has 0 saturated heterocycles. The van der Waals surface area contributed by atoms with E-state index in [1.165, 1.54) is 0 Å². The van der Waals surface area contributed by atoms with Crippen molar-refractivity contribution in [2.75, 3.05) is 11.1 Å². The molecule has 2 aromatic carbocycles. The van der Waals surface area contributed by atoms with Crippen LogP contribution < -0.4 is 5.32 Å². The lowest BCUT2D eigenvalue weighted by atomic mass is 10.2. The molecule has 0 radical (unpaired) electrons. The molecule has 0 aliphatic carbocycles. The first-order valence-corrected chi connectivity index (χ1v) is 9.62. The van der Waals surface area contributed by atoms with E-state index in [9.17, 15) is 9.59 Å². The van der Waals surface area contributed by atoms with E-state index in [2.05, 4.69) is 15.5 Å². The molecular weight excluding hydrogens is 378 g/mol. The zero-order valence-corrected chi connectivity index (χ0v) is 16.2. The molecule has 3 rings (SSSR count). The molecule has 0 spiro atoms. The topological polar surface area (TPSA) is 94.3 Å². The zero-order chi connectivity index (χ0) is 19.9. The smallest absolute Gasteiger partial charge is 0.338 e. The Hall–Kier alpha value is -3.13. The SMILES string of the molecule is CC(C)OC(=O)c1ccc(NC(=O)CSc2nnc(-c3ccccc3)o2)cc1. The highest BCUT2D eigenvalue weighted by Crippen LogP contribution is 2.23. The Kier molecular flexibility index (Phi) is 6.44. The van der Waals surface area contributed by atoms with Crippen LogP contribution in [0.1, 0.15) is 24.2 Å². The minimum Gasteiger partial charge on any atom is -0.459 e. The number of esters is 1. The predicted octanol–water partition coefficient (Wildman–Crippen LogP) is 4.03. The lowest BCUT2D eigenvalue weighted by Crippen LogP contribution is -2.14. The van der Waals surface area contributed by atoms with Crippen molar-refractivity contribution in [1.82, 2.24) is 10.2 Å². The molecule has 1 amide bonds. The summed E-state index contributed by atoms with van der Waals surface area (Å²) in [6.07, 6.45) is -0.184. The summed E-state index contributed by atoms with van der Waals surface area (Å²) in [7, 11) is 0. The number of nitrogens with one attached hydrogen (secondary N) is 1. The van der Waals surface area contributed by atoms with Crippen LogP contribution in [0.3, 0.4) is 0 Å². The number of hydrogen-bond acceptors (Lipinski definition) is 7. The van der Waals surface area contributed by atoms with Gasteiger partial charge in [0, 0.05) is 11.3 Å². The third kappa shape index (κ3) is 5.43. The molecule has 0 aliphatic rings. The van der Waals surface area contributed by atoms with Crippen LogP contribution in [0.5, 0.6) is 0 Å². The third-order valence-electron chi connectivity index (χ3n) is 3.50. The second kappa shape index (κ2) is 9.18. The van der Waals surface area contributed by atoms with E-state index in [1.54, 1.807) is 38.1 Å². The van der Waals surface area contributed by atoms with Gasteiger partial charge in [0.25, 0.3) is 5.22 Å². The Balaban J connectivity index is 1.51. The Bertz CT molecular complexity index is 940. The molecule has 0 aliphatic heterocycles. The summed E-state index contributed by atoms with van der Waals surface area (Å²) < 4.78 is 10.7. The van der Waals surface area contributed by atoms with Crippen molar-refractivity contribution in [3.8, 4) is 11.5 Å². The molecule has 28 heavy (non-hydrogen) atoms. The number of hydrogen-bond donors (Lipinski definition) is 1. The molecule has 0 saturated carbocycles. The van der Waals surface area contributed by atoms with Gasteiger partial charge in [0.05, 0.1) is 17.4 Å². The molecular formula is C20H19N3O4S. The van der Waals surface area contributed by atoms with Gasteiger partial charge < -0.3 is 14.5 Å². The number of aromatic nitrogens is 2. The molecule has 1 heterocycles. The average Bonchev–Trinajstić information content (AvgIpc) is 3.16. The number of benzene rings is 2. The Morgan fingerprint density at radius 2 is 1.79 bits per heavy atom. The Morgan fingerprint density at radius 1 is 1.07 bits per heavy atom. The lowest BCUT2D eigenvalue weighted by Gasteiger charge is -2.08. The lowest BCUT2D eigenvalue weighted by molar-refractivity contribution is -0.113. The van der Waals surface area contributed by atoms with Gasteiger partial charge in [-0.2, -0.15) is 0 Å². The van der Waals surface area contributed by atoms with Crippen molar-refractivity contribution in [2.24, 2.45) is 0 Å². The fraction of sp³-hybridized carbons (Fsp3) is 0.200. The van der Waals surface area contributed by atoms with Crippen LogP contribution in [0, 0.1) is 0 Å². The monoisotopic (exact) mass is 397 g/mol. The number of carbonyl (C=O) groups is 2. The van der Waals surface area contributed by atoms with Gasteiger partial charge in [0.15, 0.2) is 0 Å². The first-order valence-electron chi connectivity index (χ1n) is 8.64. The van der Waals surface area contributed by atoms with E-state index in [-0.39, 0.29) is 17.8 Å². The zero-order valence-electron chi connectivity index (χ0n) is 15.4. The molecule has 0 atom stereocenters. The van der Waals surface area contributed by atoms with Crippen molar-refractivity contribution >= 4 is 29.3 Å². The molecule has 1 N–H and O–H groups in total. The number of rotatable bonds is 7. The number of anilines is 1. The molecule has 144 valence electrons. The van der Waals surface area contributed by atoms with Crippen molar-refractivity contribution in [1.29, 1.82) is 0 Å².